The van der Waals surface area contributed by atoms with Gasteiger partial charge in [0.05, 0.1) is 33.6 Å². The number of hydrogen-bond donors (Lipinski definition) is 4. The van der Waals surface area contributed by atoms with Crippen molar-refractivity contribution in [3.63, 3.8) is 0 Å². The summed E-state index contributed by atoms with van der Waals surface area (Å²) < 4.78 is 1.83. The summed E-state index contributed by atoms with van der Waals surface area (Å²) in [5, 5.41) is 18.3. The largest absolute Gasteiger partial charge is 0.384 e. The van der Waals surface area contributed by atoms with Gasteiger partial charge in [0.15, 0.2) is 0 Å². The van der Waals surface area contributed by atoms with Gasteiger partial charge in [0, 0.05) is 104 Å². The van der Waals surface area contributed by atoms with Gasteiger partial charge in [0.25, 0.3) is 23.6 Å². The number of aryl methyl sites for hydroxylation is 1. The van der Waals surface area contributed by atoms with Crippen LogP contribution < -0.4 is 20.9 Å². The molecular formula is C44H42N12O6. The maximum Gasteiger partial charge on any atom is 0.264 e. The fourth-order valence-electron chi connectivity index (χ4n) is 9.07. The van der Waals surface area contributed by atoms with Crippen LogP contribution in [0.2, 0.25) is 0 Å². The molecule has 62 heavy (non-hydrogen) atoms. The number of amides is 6. The molecule has 6 amide bonds. The van der Waals surface area contributed by atoms with Crippen LogP contribution in [0.5, 0.6) is 0 Å². The molecule has 10 rings (SSSR count). The van der Waals surface area contributed by atoms with Crippen LogP contribution >= 0.6 is 0 Å². The van der Waals surface area contributed by atoms with Gasteiger partial charge in [0.2, 0.25) is 17.8 Å². The molecule has 1 aliphatic carbocycles. The number of fused-ring (bicyclic) bond motifs is 2. The molecule has 5 aliphatic rings. The van der Waals surface area contributed by atoms with Crippen molar-refractivity contribution in [2.75, 3.05) is 44.2 Å². The summed E-state index contributed by atoms with van der Waals surface area (Å²) in [4.78, 5) is 96.3. The fraction of sp³-hybridized carbons (Fsp3) is 0.318. The second-order valence-electron chi connectivity index (χ2n) is 16.0. The van der Waals surface area contributed by atoms with E-state index in [4.69, 9.17) is 9.97 Å². The van der Waals surface area contributed by atoms with Crippen LogP contribution in [0.1, 0.15) is 49.1 Å². The number of H-pyrrole nitrogens is 1. The molecular weight excluding hydrogens is 793 g/mol. The van der Waals surface area contributed by atoms with Gasteiger partial charge in [-0.15, -0.1) is 5.10 Å². The predicted molar refractivity (Wildman–Crippen MR) is 225 cm³/mol. The molecule has 18 nitrogen and oxygen atoms in total. The zero-order valence-corrected chi connectivity index (χ0v) is 33.6. The number of carbonyl (C=O) groups excluding carboxylic acids is 6. The second kappa shape index (κ2) is 15.9. The molecule has 0 spiro atoms. The Hall–Kier alpha value is -7.34. The third-order valence-corrected chi connectivity index (χ3v) is 12.2. The summed E-state index contributed by atoms with van der Waals surface area (Å²) in [6.07, 6.45) is 8.17. The first-order valence-electron chi connectivity index (χ1n) is 20.9. The molecule has 4 aliphatic heterocycles. The zero-order chi connectivity index (χ0) is 42.5. The van der Waals surface area contributed by atoms with E-state index in [0.29, 0.717) is 96.0 Å². The summed E-state index contributed by atoms with van der Waals surface area (Å²) in [6, 6.07) is 14.2. The molecule has 4 N–H and O–H groups in total. The summed E-state index contributed by atoms with van der Waals surface area (Å²) in [7, 11) is 0. The zero-order valence-electron chi connectivity index (χ0n) is 33.6. The molecule has 2 fully saturated rings. The van der Waals surface area contributed by atoms with Crippen LogP contribution in [0.3, 0.4) is 0 Å². The fourth-order valence-corrected chi connectivity index (χ4v) is 9.07. The number of nitrogens with one attached hydrogen (secondary N) is 4. The monoisotopic (exact) mass is 834 g/mol. The molecule has 1 atom stereocenters. The van der Waals surface area contributed by atoms with E-state index < -0.39 is 41.5 Å². The van der Waals surface area contributed by atoms with Crippen molar-refractivity contribution in [3.05, 3.63) is 101 Å². The lowest BCUT2D eigenvalue weighted by molar-refractivity contribution is -0.150. The topological polar surface area (TPSA) is 221 Å². The Morgan fingerprint density at radius 2 is 1.58 bits per heavy atom. The first-order chi connectivity index (χ1) is 30.2. The summed E-state index contributed by atoms with van der Waals surface area (Å²) in [5.74, 6) is -2.44. The van der Waals surface area contributed by atoms with Gasteiger partial charge < -0.3 is 15.2 Å². The Morgan fingerprint density at radius 1 is 0.790 bits per heavy atom. The quantitative estimate of drug-likeness (QED) is 0.132. The molecule has 0 radical (unpaired) electrons. The number of hydrogen-bond acceptors (Lipinski definition) is 13. The summed E-state index contributed by atoms with van der Waals surface area (Å²) in [6.45, 7) is 4.93. The molecule has 7 heterocycles. The molecule has 314 valence electrons. The first-order valence-corrected chi connectivity index (χ1v) is 20.9. The number of benzene rings is 2. The normalized spacial score (nSPS) is 19.9. The van der Waals surface area contributed by atoms with E-state index in [2.05, 4.69) is 41.0 Å². The van der Waals surface area contributed by atoms with Crippen molar-refractivity contribution in [3.8, 4) is 0 Å². The van der Waals surface area contributed by atoms with Crippen molar-refractivity contribution in [2.24, 2.45) is 0 Å². The Morgan fingerprint density at radius 3 is 2.42 bits per heavy atom. The van der Waals surface area contributed by atoms with Crippen molar-refractivity contribution in [1.82, 2.24) is 55.7 Å². The molecule has 3 aromatic heterocycles. The highest BCUT2D eigenvalue weighted by molar-refractivity contribution is 6.50. The van der Waals surface area contributed by atoms with E-state index in [-0.39, 0.29) is 18.4 Å². The van der Waals surface area contributed by atoms with Gasteiger partial charge >= 0.3 is 0 Å². The molecule has 0 saturated carbocycles. The lowest BCUT2D eigenvalue weighted by Gasteiger charge is -2.35. The van der Waals surface area contributed by atoms with Crippen molar-refractivity contribution in [2.45, 2.75) is 51.1 Å². The predicted octanol–water partition coefficient (Wildman–Crippen LogP) is 1.76. The van der Waals surface area contributed by atoms with Crippen molar-refractivity contribution < 1.29 is 28.8 Å². The number of anilines is 1. The third-order valence-electron chi connectivity index (χ3n) is 12.2. The van der Waals surface area contributed by atoms with Crippen LogP contribution in [0.25, 0.3) is 33.0 Å². The summed E-state index contributed by atoms with van der Waals surface area (Å²) >= 11 is 0. The van der Waals surface area contributed by atoms with Crippen LogP contribution in [0.15, 0.2) is 83.8 Å². The highest BCUT2D eigenvalue weighted by Crippen LogP contribution is 2.38. The number of aromatic nitrogens is 6. The van der Waals surface area contributed by atoms with Crippen molar-refractivity contribution >= 4 is 74.3 Å². The van der Waals surface area contributed by atoms with E-state index in [1.165, 1.54) is 0 Å². The van der Waals surface area contributed by atoms with E-state index in [9.17, 15) is 28.8 Å². The first kappa shape index (κ1) is 38.8. The van der Waals surface area contributed by atoms with Crippen LogP contribution in [0, 0.1) is 0 Å². The summed E-state index contributed by atoms with van der Waals surface area (Å²) in [5.41, 5.74) is 5.21. The van der Waals surface area contributed by atoms with Crippen LogP contribution in [-0.4, -0.2) is 120 Å². The standard InChI is InChI=1S/C44H42N12O6/c57-34-14-13-33(39(58)48-34)56-42(61)28-9-5-12-32(35(28)43(56)62)45-16-15-25-24-55(52-51-25)18-6-17-53-19-21-54(22-20-53)44-47-31-11-4-2-8-27(31)38(49-44)37-36(40(59)50-41(37)60)29-23-46-30-10-3-1-7-26(29)30/h1-4,7-8,10-12,23-24,33,45-46H,5-6,9,13-22H2,(H,48,57,58)(H,50,59,60). The van der Waals surface area contributed by atoms with Gasteiger partial charge in [-0.05, 0) is 37.8 Å². The highest BCUT2D eigenvalue weighted by atomic mass is 16.2. The number of nitrogens with zero attached hydrogens (tertiary/aromatic N) is 8. The average molecular weight is 835 g/mol. The third kappa shape index (κ3) is 7.00. The minimum atomic E-state index is -0.994. The highest BCUT2D eigenvalue weighted by Gasteiger charge is 2.47. The molecule has 2 saturated heterocycles. The lowest BCUT2D eigenvalue weighted by atomic mass is 9.96. The number of allylic oxidation sites excluding steroid dienone is 1. The van der Waals surface area contributed by atoms with Gasteiger partial charge in [-0.2, -0.15) is 0 Å². The number of para-hydroxylation sites is 2. The number of imide groups is 3. The lowest BCUT2D eigenvalue weighted by Crippen LogP contribution is -2.54. The number of carbonyl (C=O) groups is 6. The molecule has 0 bridgehead atoms. The Bertz CT molecular complexity index is 2830. The van der Waals surface area contributed by atoms with E-state index in [1.807, 2.05) is 65.5 Å². The number of rotatable bonds is 12. The van der Waals surface area contributed by atoms with Crippen LogP contribution in [-0.2, 0) is 41.7 Å². The minimum Gasteiger partial charge on any atom is -0.384 e. The van der Waals surface area contributed by atoms with Crippen molar-refractivity contribution in [1.29, 1.82) is 0 Å². The molecule has 1 unspecified atom stereocenters. The van der Waals surface area contributed by atoms with E-state index in [0.717, 1.165) is 47.6 Å². The van der Waals surface area contributed by atoms with Gasteiger partial charge in [0.1, 0.15) is 6.04 Å². The Kier molecular flexibility index (Phi) is 9.98. The smallest absolute Gasteiger partial charge is 0.264 e. The minimum absolute atomic E-state index is 0.0739. The molecule has 5 aromatic rings. The van der Waals surface area contributed by atoms with E-state index in [1.54, 1.807) is 6.20 Å². The van der Waals surface area contributed by atoms with E-state index >= 15 is 0 Å². The molecule has 2 aromatic carbocycles. The number of piperazine rings is 1. The van der Waals surface area contributed by atoms with Gasteiger partial charge in [-0.25, -0.2) is 9.97 Å². The Labute approximate surface area is 354 Å². The SMILES string of the molecule is O=C1CCC(N2C(=O)C3=C(C2=O)C(NCCc2cn(CCCN4CCN(c5nc(C6=C(c7c[nH]c8ccccc78)C(=O)NC6=O)c6ccccc6n5)CC4)nn2)=CCC3)C(=O)N1. The Balaban J connectivity index is 0.739. The molecule has 18 heteroatoms. The van der Waals surface area contributed by atoms with Gasteiger partial charge in [-0.3, -0.25) is 53.9 Å². The maximum absolute atomic E-state index is 13.5. The maximum atomic E-state index is 13.5. The van der Waals surface area contributed by atoms with Crippen LogP contribution in [0.4, 0.5) is 5.95 Å². The second-order valence-corrected chi connectivity index (χ2v) is 16.0. The number of piperidine rings is 1. The average Bonchev–Trinajstić information content (AvgIpc) is 4.04. The number of aromatic amines is 1. The van der Waals surface area contributed by atoms with Gasteiger partial charge in [-0.1, -0.05) is 47.7 Å².